The zero-order valence-electron chi connectivity index (χ0n) is 14.7. The fourth-order valence-corrected chi connectivity index (χ4v) is 2.70. The third-order valence-electron chi connectivity index (χ3n) is 4.06. The van der Waals surface area contributed by atoms with E-state index in [2.05, 4.69) is 5.32 Å². The summed E-state index contributed by atoms with van der Waals surface area (Å²) < 4.78 is 5.39. The van der Waals surface area contributed by atoms with Crippen molar-refractivity contribution in [1.29, 1.82) is 0 Å². The van der Waals surface area contributed by atoms with Gasteiger partial charge in [-0.2, -0.15) is 0 Å². The Labute approximate surface area is 142 Å². The Balaban J connectivity index is 2.00. The first kappa shape index (κ1) is 18.0. The quantitative estimate of drug-likeness (QED) is 0.671. The van der Waals surface area contributed by atoms with Crippen LogP contribution in [-0.2, 0) is 4.74 Å². The molecule has 1 aromatic rings. The lowest BCUT2D eigenvalue weighted by Crippen LogP contribution is -2.50. The number of amides is 1. The number of benzene rings is 1. The molecule has 0 spiro atoms. The van der Waals surface area contributed by atoms with Gasteiger partial charge < -0.3 is 15.0 Å². The highest BCUT2D eigenvalue weighted by Crippen LogP contribution is 2.31. The van der Waals surface area contributed by atoms with Crippen LogP contribution in [0.1, 0.15) is 40.5 Å². The second-order valence-corrected chi connectivity index (χ2v) is 7.43. The maximum absolute atomic E-state index is 12.1. The van der Waals surface area contributed by atoms with Crippen LogP contribution in [0.2, 0.25) is 0 Å². The van der Waals surface area contributed by atoms with Crippen molar-refractivity contribution in [1.82, 2.24) is 4.90 Å². The number of nitro benzene ring substituents is 1. The zero-order valence-corrected chi connectivity index (χ0v) is 14.7. The van der Waals surface area contributed by atoms with Crippen LogP contribution in [0, 0.1) is 10.1 Å². The first-order valence-electron chi connectivity index (χ1n) is 8.09. The Morgan fingerprint density at radius 1 is 1.29 bits per heavy atom. The van der Waals surface area contributed by atoms with Crippen LogP contribution < -0.4 is 5.32 Å². The molecule has 0 bridgehead atoms. The number of nitrogens with one attached hydrogen (secondary N) is 1. The number of ether oxygens (including phenoxy) is 1. The summed E-state index contributed by atoms with van der Waals surface area (Å²) in [5, 5.41) is 14.4. The van der Waals surface area contributed by atoms with E-state index in [4.69, 9.17) is 4.74 Å². The number of hydrogen-bond acceptors (Lipinski definition) is 5. The molecule has 7 heteroatoms. The summed E-state index contributed by atoms with van der Waals surface area (Å²) in [7, 11) is 0. The Morgan fingerprint density at radius 3 is 2.42 bits per heavy atom. The van der Waals surface area contributed by atoms with E-state index < -0.39 is 5.60 Å². The van der Waals surface area contributed by atoms with Crippen LogP contribution in [0.15, 0.2) is 24.3 Å². The van der Waals surface area contributed by atoms with Gasteiger partial charge in [0.25, 0.3) is 5.69 Å². The van der Waals surface area contributed by atoms with E-state index in [0.29, 0.717) is 31.6 Å². The number of carbonyl (C=O) groups excluding carboxylic acids is 1. The van der Waals surface area contributed by atoms with Gasteiger partial charge >= 0.3 is 6.09 Å². The van der Waals surface area contributed by atoms with E-state index in [1.165, 1.54) is 6.07 Å². The van der Waals surface area contributed by atoms with Gasteiger partial charge in [-0.25, -0.2) is 4.79 Å². The lowest BCUT2D eigenvalue weighted by atomic mass is 9.89. The minimum absolute atomic E-state index is 0.0632. The van der Waals surface area contributed by atoms with E-state index in [-0.39, 0.29) is 22.2 Å². The van der Waals surface area contributed by atoms with Crippen LogP contribution in [0.4, 0.5) is 16.2 Å². The van der Waals surface area contributed by atoms with Crippen molar-refractivity contribution in [2.75, 3.05) is 18.4 Å². The molecule has 1 amide bonds. The Bertz CT molecular complexity index is 617. The minimum atomic E-state index is -0.513. The van der Waals surface area contributed by atoms with E-state index in [9.17, 15) is 14.9 Å². The summed E-state index contributed by atoms with van der Waals surface area (Å²) in [6.07, 6.45) is 1.08. The fraction of sp³-hybridized carbons (Fsp3) is 0.588. The number of rotatable bonds is 3. The van der Waals surface area contributed by atoms with Crippen molar-refractivity contribution in [2.24, 2.45) is 0 Å². The summed E-state index contributed by atoms with van der Waals surface area (Å²) in [6, 6.07) is 6.62. The van der Waals surface area contributed by atoms with Gasteiger partial charge in [0.1, 0.15) is 11.3 Å². The molecule has 1 saturated heterocycles. The van der Waals surface area contributed by atoms with Crippen molar-refractivity contribution in [3.63, 3.8) is 0 Å². The summed E-state index contributed by atoms with van der Waals surface area (Å²) >= 11 is 0. The second-order valence-electron chi connectivity index (χ2n) is 7.43. The highest BCUT2D eigenvalue weighted by molar-refractivity contribution is 5.68. The number of likely N-dealkylation sites (tertiary alicyclic amines) is 1. The molecule has 0 atom stereocenters. The molecule has 0 aliphatic carbocycles. The highest BCUT2D eigenvalue weighted by Gasteiger charge is 2.34. The number of carbonyl (C=O) groups is 1. The molecule has 24 heavy (non-hydrogen) atoms. The predicted molar refractivity (Wildman–Crippen MR) is 92.2 cm³/mol. The molecule has 2 rings (SSSR count). The molecule has 1 aliphatic heterocycles. The van der Waals surface area contributed by atoms with Gasteiger partial charge in [0, 0.05) is 24.7 Å². The molecule has 1 aromatic carbocycles. The molecule has 1 heterocycles. The van der Waals surface area contributed by atoms with Crippen molar-refractivity contribution in [2.45, 2.75) is 51.7 Å². The van der Waals surface area contributed by atoms with Crippen LogP contribution in [-0.4, -0.2) is 40.1 Å². The molecule has 0 radical (unpaired) electrons. The topological polar surface area (TPSA) is 84.7 Å². The van der Waals surface area contributed by atoms with E-state index >= 15 is 0 Å². The lowest BCUT2D eigenvalue weighted by molar-refractivity contribution is -0.384. The number of nitrogens with zero attached hydrogens (tertiary/aromatic N) is 2. The molecule has 7 nitrogen and oxygen atoms in total. The van der Waals surface area contributed by atoms with Crippen molar-refractivity contribution >= 4 is 17.5 Å². The molecule has 1 aliphatic rings. The molecule has 132 valence electrons. The molecular formula is C17H25N3O4. The second kappa shape index (κ2) is 6.67. The predicted octanol–water partition coefficient (Wildman–Crippen LogP) is 3.80. The largest absolute Gasteiger partial charge is 0.444 e. The Hall–Kier alpha value is -2.31. The normalized spacial score (nSPS) is 17.2. The summed E-state index contributed by atoms with van der Waals surface area (Å²) in [5.74, 6) is 0. The molecular weight excluding hydrogens is 310 g/mol. The molecule has 1 fully saturated rings. The minimum Gasteiger partial charge on any atom is -0.444 e. The standard InChI is InChI=1S/C17H25N3O4/c1-16(2,3)24-15(21)19-11-9-17(4,10-12-19)18-13-7-5-6-8-14(13)20(22)23/h5-8,18H,9-12H2,1-4H3. The number of nitro groups is 1. The summed E-state index contributed by atoms with van der Waals surface area (Å²) in [4.78, 5) is 24.6. The molecule has 0 aromatic heterocycles. The van der Waals surface area contributed by atoms with Crippen molar-refractivity contribution in [3.05, 3.63) is 34.4 Å². The van der Waals surface area contributed by atoms with Gasteiger partial charge in [-0.3, -0.25) is 10.1 Å². The average molecular weight is 335 g/mol. The maximum Gasteiger partial charge on any atom is 0.410 e. The average Bonchev–Trinajstić information content (AvgIpc) is 2.46. The summed E-state index contributed by atoms with van der Waals surface area (Å²) in [6.45, 7) is 8.66. The molecule has 0 saturated carbocycles. The molecule has 0 unspecified atom stereocenters. The zero-order chi connectivity index (χ0) is 18.0. The van der Waals surface area contributed by atoms with Crippen LogP contribution in [0.3, 0.4) is 0 Å². The van der Waals surface area contributed by atoms with Gasteiger partial charge in [0.05, 0.1) is 4.92 Å². The van der Waals surface area contributed by atoms with E-state index in [0.717, 1.165) is 0 Å². The third-order valence-corrected chi connectivity index (χ3v) is 4.06. The van der Waals surface area contributed by atoms with Gasteiger partial charge in [0.2, 0.25) is 0 Å². The number of piperidine rings is 1. The van der Waals surface area contributed by atoms with E-state index in [1.54, 1.807) is 23.1 Å². The number of anilines is 1. The van der Waals surface area contributed by atoms with Gasteiger partial charge in [-0.15, -0.1) is 0 Å². The van der Waals surface area contributed by atoms with Crippen LogP contribution >= 0.6 is 0 Å². The van der Waals surface area contributed by atoms with Crippen molar-refractivity contribution in [3.8, 4) is 0 Å². The first-order valence-corrected chi connectivity index (χ1v) is 8.09. The van der Waals surface area contributed by atoms with E-state index in [1.807, 2.05) is 27.7 Å². The van der Waals surface area contributed by atoms with Crippen LogP contribution in [0.25, 0.3) is 0 Å². The van der Waals surface area contributed by atoms with Gasteiger partial charge in [-0.05, 0) is 46.6 Å². The molecule has 1 N–H and O–H groups in total. The Morgan fingerprint density at radius 2 is 1.88 bits per heavy atom. The van der Waals surface area contributed by atoms with Gasteiger partial charge in [-0.1, -0.05) is 12.1 Å². The monoisotopic (exact) mass is 335 g/mol. The lowest BCUT2D eigenvalue weighted by Gasteiger charge is -2.40. The maximum atomic E-state index is 12.1. The number of hydrogen-bond donors (Lipinski definition) is 1. The smallest absolute Gasteiger partial charge is 0.410 e. The third kappa shape index (κ3) is 4.59. The SMILES string of the molecule is CC1(Nc2ccccc2[N+](=O)[O-])CCN(C(=O)OC(C)(C)C)CC1. The van der Waals surface area contributed by atoms with Crippen LogP contribution in [0.5, 0.6) is 0 Å². The van der Waals surface area contributed by atoms with Crippen molar-refractivity contribution < 1.29 is 14.5 Å². The summed E-state index contributed by atoms with van der Waals surface area (Å²) in [5.41, 5.74) is -0.241. The first-order chi connectivity index (χ1) is 11.1. The fourth-order valence-electron chi connectivity index (χ4n) is 2.70. The highest BCUT2D eigenvalue weighted by atomic mass is 16.6. The number of para-hydroxylation sites is 2. The van der Waals surface area contributed by atoms with Gasteiger partial charge in [0.15, 0.2) is 0 Å². The Kier molecular flexibility index (Phi) is 5.01.